The lowest BCUT2D eigenvalue weighted by molar-refractivity contribution is 0.0947. The lowest BCUT2D eigenvalue weighted by atomic mass is 10.2. The van der Waals surface area contributed by atoms with Gasteiger partial charge in [-0.2, -0.15) is 0 Å². The Bertz CT molecular complexity index is 408. The summed E-state index contributed by atoms with van der Waals surface area (Å²) in [5.41, 5.74) is 6.80. The van der Waals surface area contributed by atoms with E-state index in [1.807, 2.05) is 7.05 Å². The number of methoxy groups -OCH3 is 1. The summed E-state index contributed by atoms with van der Waals surface area (Å²) in [6, 6.07) is 3.40. The Morgan fingerprint density at radius 2 is 2.14 bits per heavy atom. The summed E-state index contributed by atoms with van der Waals surface area (Å²) in [4.78, 5) is 18.0. The minimum Gasteiger partial charge on any atom is -0.383 e. The van der Waals surface area contributed by atoms with Gasteiger partial charge in [0.2, 0.25) is 0 Å². The average Bonchev–Trinajstić information content (AvgIpc) is 2.45. The van der Waals surface area contributed by atoms with Crippen molar-refractivity contribution >= 4 is 30.7 Å². The van der Waals surface area contributed by atoms with Gasteiger partial charge in [0.15, 0.2) is 0 Å². The summed E-state index contributed by atoms with van der Waals surface area (Å²) in [7, 11) is 3.66. The first kappa shape index (κ1) is 22.4. The SMILES string of the molecule is COCCN(C)CCNC(=O)c1ccnc(CN)c1.Cl.Cl. The monoisotopic (exact) mass is 338 g/mol. The fraction of sp³-hybridized carbons (Fsp3) is 0.538. The standard InChI is InChI=1S/C13H22N4O2.2ClH/c1-17(7-8-19-2)6-5-16-13(18)11-3-4-15-12(9-11)10-14;;/h3-4,9H,5-8,10,14H2,1-2H3,(H,16,18);2*1H. The van der Waals surface area contributed by atoms with Gasteiger partial charge in [-0.05, 0) is 19.2 Å². The molecule has 1 aromatic heterocycles. The molecule has 1 rings (SSSR count). The van der Waals surface area contributed by atoms with Crippen molar-refractivity contribution in [1.82, 2.24) is 15.2 Å². The Kier molecular flexibility index (Phi) is 13.6. The number of hydrogen-bond donors (Lipinski definition) is 2. The Labute approximate surface area is 138 Å². The van der Waals surface area contributed by atoms with Crippen molar-refractivity contribution in [3.63, 3.8) is 0 Å². The second kappa shape index (κ2) is 12.8. The third kappa shape index (κ3) is 8.85. The number of nitrogens with zero attached hydrogens (tertiary/aromatic N) is 2. The van der Waals surface area contributed by atoms with E-state index >= 15 is 0 Å². The van der Waals surface area contributed by atoms with Crippen LogP contribution in [0.1, 0.15) is 16.1 Å². The number of pyridine rings is 1. The van der Waals surface area contributed by atoms with Gasteiger partial charge in [0.1, 0.15) is 0 Å². The average molecular weight is 339 g/mol. The molecule has 0 spiro atoms. The van der Waals surface area contributed by atoms with Crippen LogP contribution in [0.3, 0.4) is 0 Å². The number of carbonyl (C=O) groups excluding carboxylic acids is 1. The van der Waals surface area contributed by atoms with E-state index in [9.17, 15) is 4.79 Å². The number of ether oxygens (including phenoxy) is 1. The highest BCUT2D eigenvalue weighted by Crippen LogP contribution is 2.00. The van der Waals surface area contributed by atoms with E-state index in [-0.39, 0.29) is 30.7 Å². The van der Waals surface area contributed by atoms with Crippen LogP contribution >= 0.6 is 24.8 Å². The highest BCUT2D eigenvalue weighted by molar-refractivity contribution is 5.94. The van der Waals surface area contributed by atoms with E-state index in [0.717, 1.165) is 13.1 Å². The predicted molar refractivity (Wildman–Crippen MR) is 88.3 cm³/mol. The molecule has 0 saturated heterocycles. The molecule has 0 atom stereocenters. The first-order chi connectivity index (χ1) is 9.17. The van der Waals surface area contributed by atoms with E-state index < -0.39 is 0 Å². The zero-order valence-corrected chi connectivity index (χ0v) is 14.0. The molecule has 0 aromatic carbocycles. The van der Waals surface area contributed by atoms with E-state index in [1.54, 1.807) is 25.4 Å². The molecule has 0 fully saturated rings. The zero-order chi connectivity index (χ0) is 14.1. The molecular weight excluding hydrogens is 315 g/mol. The largest absolute Gasteiger partial charge is 0.383 e. The van der Waals surface area contributed by atoms with Crippen molar-refractivity contribution in [3.8, 4) is 0 Å². The number of likely N-dealkylation sites (N-methyl/N-ethyl adjacent to an activating group) is 1. The van der Waals surface area contributed by atoms with Crippen molar-refractivity contribution in [2.24, 2.45) is 5.73 Å². The van der Waals surface area contributed by atoms with Gasteiger partial charge in [-0.3, -0.25) is 9.78 Å². The molecule has 3 N–H and O–H groups in total. The molecule has 1 heterocycles. The van der Waals surface area contributed by atoms with E-state index in [0.29, 0.717) is 31.0 Å². The maximum atomic E-state index is 11.9. The normalized spacial score (nSPS) is 9.71. The number of carbonyl (C=O) groups is 1. The quantitative estimate of drug-likeness (QED) is 0.729. The van der Waals surface area contributed by atoms with Gasteiger partial charge in [-0.15, -0.1) is 24.8 Å². The topological polar surface area (TPSA) is 80.5 Å². The van der Waals surface area contributed by atoms with Gasteiger partial charge < -0.3 is 20.7 Å². The number of nitrogens with two attached hydrogens (primary N) is 1. The lowest BCUT2D eigenvalue weighted by Gasteiger charge is -2.16. The second-order valence-corrected chi connectivity index (χ2v) is 4.29. The maximum absolute atomic E-state index is 11.9. The Morgan fingerprint density at radius 1 is 1.43 bits per heavy atom. The summed E-state index contributed by atoms with van der Waals surface area (Å²) in [5.74, 6) is -0.0998. The molecule has 0 aliphatic carbocycles. The minimum absolute atomic E-state index is 0. The van der Waals surface area contributed by atoms with Gasteiger partial charge in [-0.25, -0.2) is 0 Å². The molecule has 6 nitrogen and oxygen atoms in total. The van der Waals surface area contributed by atoms with Crippen molar-refractivity contribution < 1.29 is 9.53 Å². The number of halogens is 2. The Hall–Kier alpha value is -0.920. The third-order valence-electron chi connectivity index (χ3n) is 2.74. The van der Waals surface area contributed by atoms with Crippen LogP contribution in [0, 0.1) is 0 Å². The van der Waals surface area contributed by atoms with Crippen molar-refractivity contribution in [2.75, 3.05) is 40.4 Å². The summed E-state index contributed by atoms with van der Waals surface area (Å²) >= 11 is 0. The molecule has 21 heavy (non-hydrogen) atoms. The van der Waals surface area contributed by atoms with Gasteiger partial charge in [0.25, 0.3) is 5.91 Å². The number of aromatic nitrogens is 1. The summed E-state index contributed by atoms with van der Waals surface area (Å²) in [5, 5.41) is 2.87. The van der Waals surface area contributed by atoms with Gasteiger partial charge in [0.05, 0.1) is 12.3 Å². The molecule has 122 valence electrons. The van der Waals surface area contributed by atoms with Crippen LogP contribution < -0.4 is 11.1 Å². The van der Waals surface area contributed by atoms with Gasteiger partial charge >= 0.3 is 0 Å². The fourth-order valence-corrected chi connectivity index (χ4v) is 1.55. The van der Waals surface area contributed by atoms with Crippen LogP contribution in [0.5, 0.6) is 0 Å². The van der Waals surface area contributed by atoms with E-state index in [4.69, 9.17) is 10.5 Å². The molecule has 1 aromatic rings. The molecule has 0 aliphatic rings. The van der Waals surface area contributed by atoms with Crippen molar-refractivity contribution in [1.29, 1.82) is 0 Å². The highest BCUT2D eigenvalue weighted by atomic mass is 35.5. The number of hydrogen-bond acceptors (Lipinski definition) is 5. The summed E-state index contributed by atoms with van der Waals surface area (Å²) in [6.07, 6.45) is 1.60. The molecule has 0 aliphatic heterocycles. The maximum Gasteiger partial charge on any atom is 0.251 e. The molecule has 0 bridgehead atoms. The summed E-state index contributed by atoms with van der Waals surface area (Å²) < 4.78 is 4.99. The van der Waals surface area contributed by atoms with Crippen molar-refractivity contribution in [2.45, 2.75) is 6.54 Å². The lowest BCUT2D eigenvalue weighted by Crippen LogP contribution is -2.34. The van der Waals surface area contributed by atoms with Gasteiger partial charge in [0, 0.05) is 45.0 Å². The third-order valence-corrected chi connectivity index (χ3v) is 2.74. The van der Waals surface area contributed by atoms with Crippen LogP contribution in [-0.2, 0) is 11.3 Å². The number of amides is 1. The molecule has 8 heteroatoms. The zero-order valence-electron chi connectivity index (χ0n) is 12.4. The first-order valence-corrected chi connectivity index (χ1v) is 6.28. The second-order valence-electron chi connectivity index (χ2n) is 4.29. The first-order valence-electron chi connectivity index (χ1n) is 6.28. The number of nitrogens with one attached hydrogen (secondary N) is 1. The van der Waals surface area contributed by atoms with E-state index in [2.05, 4.69) is 15.2 Å². The molecule has 1 amide bonds. The summed E-state index contributed by atoms with van der Waals surface area (Å²) in [6.45, 7) is 3.25. The molecule has 0 radical (unpaired) electrons. The Morgan fingerprint density at radius 3 is 2.76 bits per heavy atom. The van der Waals surface area contributed by atoms with Crippen LogP contribution in [-0.4, -0.2) is 56.2 Å². The van der Waals surface area contributed by atoms with Crippen LogP contribution in [0.25, 0.3) is 0 Å². The fourth-order valence-electron chi connectivity index (χ4n) is 1.55. The number of rotatable bonds is 8. The van der Waals surface area contributed by atoms with Gasteiger partial charge in [-0.1, -0.05) is 0 Å². The Balaban J connectivity index is 0. The van der Waals surface area contributed by atoms with Crippen LogP contribution in [0.2, 0.25) is 0 Å². The smallest absolute Gasteiger partial charge is 0.251 e. The molecule has 0 saturated carbocycles. The van der Waals surface area contributed by atoms with Crippen LogP contribution in [0.15, 0.2) is 18.3 Å². The van der Waals surface area contributed by atoms with Crippen LogP contribution in [0.4, 0.5) is 0 Å². The predicted octanol–water partition coefficient (Wildman–Crippen LogP) is 0.692. The molecular formula is C13H24Cl2N4O2. The van der Waals surface area contributed by atoms with Crippen molar-refractivity contribution in [3.05, 3.63) is 29.6 Å². The minimum atomic E-state index is -0.0998. The van der Waals surface area contributed by atoms with E-state index in [1.165, 1.54) is 0 Å². The highest BCUT2D eigenvalue weighted by Gasteiger charge is 2.06. The molecule has 0 unspecified atom stereocenters.